The van der Waals surface area contributed by atoms with Crippen molar-refractivity contribution in [2.45, 2.75) is 32.2 Å². The Kier molecular flexibility index (Phi) is 5.75. The molecule has 0 radical (unpaired) electrons. The fourth-order valence-electron chi connectivity index (χ4n) is 2.41. The molecule has 0 saturated carbocycles. The minimum absolute atomic E-state index is 0.388. The zero-order chi connectivity index (χ0) is 14.5. The van der Waals surface area contributed by atoms with Gasteiger partial charge in [-0.25, -0.2) is 4.98 Å². The van der Waals surface area contributed by atoms with Gasteiger partial charge in [-0.15, -0.1) is 0 Å². The molecule has 1 atom stereocenters. The molecule has 1 aliphatic heterocycles. The summed E-state index contributed by atoms with van der Waals surface area (Å²) >= 11 is 12.4. The van der Waals surface area contributed by atoms with Gasteiger partial charge in [0.05, 0.1) is 10.0 Å². The predicted molar refractivity (Wildman–Crippen MR) is 87.2 cm³/mol. The molecule has 1 unspecified atom stereocenters. The third-order valence-corrected chi connectivity index (χ3v) is 4.01. The van der Waals surface area contributed by atoms with Gasteiger partial charge in [0.25, 0.3) is 0 Å². The molecule has 0 aromatic carbocycles. The van der Waals surface area contributed by atoms with Crippen LogP contribution in [0.3, 0.4) is 0 Å². The van der Waals surface area contributed by atoms with E-state index in [1.807, 2.05) is 0 Å². The number of aromatic nitrogens is 1. The van der Waals surface area contributed by atoms with E-state index >= 15 is 0 Å². The average Bonchev–Trinajstić information content (AvgIpc) is 2.40. The number of hydrogen-bond acceptors (Lipinski definition) is 4. The van der Waals surface area contributed by atoms with Crippen LogP contribution in [0, 0.1) is 0 Å². The lowest BCUT2D eigenvalue weighted by Gasteiger charge is -2.30. The molecular formula is C14H22Cl2N4. The van der Waals surface area contributed by atoms with E-state index < -0.39 is 0 Å². The van der Waals surface area contributed by atoms with E-state index in [1.54, 1.807) is 6.07 Å². The molecular weight excluding hydrogens is 295 g/mol. The van der Waals surface area contributed by atoms with Crippen LogP contribution >= 0.6 is 23.2 Å². The van der Waals surface area contributed by atoms with E-state index in [1.165, 1.54) is 6.42 Å². The second-order valence-electron chi connectivity index (χ2n) is 5.32. The Hall–Kier alpha value is -0.710. The molecule has 0 amide bonds. The summed E-state index contributed by atoms with van der Waals surface area (Å²) in [5.41, 5.74) is 0. The fraction of sp³-hybridized carbons (Fsp3) is 0.643. The lowest BCUT2D eigenvalue weighted by molar-refractivity contribution is 0.261. The van der Waals surface area contributed by atoms with Crippen molar-refractivity contribution in [3.05, 3.63) is 16.1 Å². The molecule has 2 rings (SSSR count). The molecule has 6 heteroatoms. The van der Waals surface area contributed by atoms with Gasteiger partial charge in [0.1, 0.15) is 11.6 Å². The summed E-state index contributed by atoms with van der Waals surface area (Å²) in [6.07, 6.45) is 3.36. The highest BCUT2D eigenvalue weighted by atomic mass is 35.5. The molecule has 2 N–H and O–H groups in total. The van der Waals surface area contributed by atoms with Crippen molar-refractivity contribution in [3.8, 4) is 0 Å². The van der Waals surface area contributed by atoms with Gasteiger partial charge in [-0.3, -0.25) is 0 Å². The minimum atomic E-state index is 0.388. The van der Waals surface area contributed by atoms with Gasteiger partial charge in [-0.2, -0.15) is 0 Å². The predicted octanol–water partition coefficient (Wildman–Crippen LogP) is 3.72. The Morgan fingerprint density at radius 1 is 1.35 bits per heavy atom. The number of anilines is 2. The van der Waals surface area contributed by atoms with Crippen molar-refractivity contribution in [1.29, 1.82) is 0 Å². The smallest absolute Gasteiger partial charge is 0.147 e. The maximum absolute atomic E-state index is 6.24. The molecule has 0 spiro atoms. The van der Waals surface area contributed by atoms with Crippen LogP contribution in [0.1, 0.15) is 26.2 Å². The molecule has 112 valence electrons. The Morgan fingerprint density at radius 3 is 2.80 bits per heavy atom. The summed E-state index contributed by atoms with van der Waals surface area (Å²) in [7, 11) is 2.14. The number of nitrogens with zero attached hydrogens (tertiary/aromatic N) is 2. The highest BCUT2D eigenvalue weighted by Gasteiger charge is 2.19. The Labute approximate surface area is 130 Å². The molecule has 0 aliphatic carbocycles. The standard InChI is InChI=1S/C14H22Cl2N4/c1-3-6-17-13-11(15)8-12(16)14(19-13)18-10-5-4-7-20(2)9-10/h8,10H,3-7,9H2,1-2H3,(H2,17,18,19). The Morgan fingerprint density at radius 2 is 2.10 bits per heavy atom. The highest BCUT2D eigenvalue weighted by molar-refractivity contribution is 6.37. The summed E-state index contributed by atoms with van der Waals surface area (Å²) in [6.45, 7) is 5.12. The van der Waals surface area contributed by atoms with Crippen molar-refractivity contribution in [1.82, 2.24) is 9.88 Å². The van der Waals surface area contributed by atoms with Gasteiger partial charge in [0.15, 0.2) is 0 Å². The fourth-order valence-corrected chi connectivity index (χ4v) is 2.89. The van der Waals surface area contributed by atoms with Crippen LogP contribution in [-0.4, -0.2) is 42.6 Å². The Balaban J connectivity index is 2.09. The maximum Gasteiger partial charge on any atom is 0.147 e. The van der Waals surface area contributed by atoms with Crippen molar-refractivity contribution >= 4 is 34.8 Å². The summed E-state index contributed by atoms with van der Waals surface area (Å²) < 4.78 is 0. The van der Waals surface area contributed by atoms with E-state index in [-0.39, 0.29) is 0 Å². The van der Waals surface area contributed by atoms with Crippen LogP contribution in [0.15, 0.2) is 6.07 Å². The molecule has 1 aromatic rings. The third-order valence-electron chi connectivity index (χ3n) is 3.44. The number of piperidine rings is 1. The number of hydrogen-bond donors (Lipinski definition) is 2. The van der Waals surface area contributed by atoms with E-state index in [2.05, 4.69) is 34.5 Å². The van der Waals surface area contributed by atoms with Crippen LogP contribution < -0.4 is 10.6 Å². The zero-order valence-electron chi connectivity index (χ0n) is 12.0. The van der Waals surface area contributed by atoms with Crippen molar-refractivity contribution in [2.24, 2.45) is 0 Å². The molecule has 1 fully saturated rings. The lowest BCUT2D eigenvalue weighted by atomic mass is 10.1. The number of likely N-dealkylation sites (N-methyl/N-ethyl adjacent to an activating group) is 1. The average molecular weight is 317 g/mol. The molecule has 1 aromatic heterocycles. The largest absolute Gasteiger partial charge is 0.369 e. The molecule has 4 nitrogen and oxygen atoms in total. The van der Waals surface area contributed by atoms with Crippen molar-refractivity contribution in [2.75, 3.05) is 37.3 Å². The van der Waals surface area contributed by atoms with E-state index in [0.29, 0.717) is 21.9 Å². The molecule has 1 saturated heterocycles. The highest BCUT2D eigenvalue weighted by Crippen LogP contribution is 2.30. The van der Waals surface area contributed by atoms with E-state index in [9.17, 15) is 0 Å². The Bertz CT molecular complexity index is 453. The second-order valence-corrected chi connectivity index (χ2v) is 6.14. The number of likely N-dealkylation sites (tertiary alicyclic amines) is 1. The summed E-state index contributed by atoms with van der Waals surface area (Å²) in [4.78, 5) is 6.84. The SMILES string of the molecule is CCCNc1nc(NC2CCCN(C)C2)c(Cl)cc1Cl. The van der Waals surface area contributed by atoms with Gasteiger partial charge in [0.2, 0.25) is 0 Å². The minimum Gasteiger partial charge on any atom is -0.369 e. The van der Waals surface area contributed by atoms with E-state index in [0.717, 1.165) is 38.3 Å². The van der Waals surface area contributed by atoms with Gasteiger partial charge in [-0.1, -0.05) is 30.1 Å². The first-order chi connectivity index (χ1) is 9.60. The molecule has 20 heavy (non-hydrogen) atoms. The molecule has 1 aliphatic rings. The topological polar surface area (TPSA) is 40.2 Å². The molecule has 2 heterocycles. The zero-order valence-corrected chi connectivity index (χ0v) is 13.6. The van der Waals surface area contributed by atoms with Crippen LogP contribution in [0.25, 0.3) is 0 Å². The van der Waals surface area contributed by atoms with Gasteiger partial charge in [-0.05, 0) is 38.9 Å². The number of halogens is 2. The van der Waals surface area contributed by atoms with Gasteiger partial charge < -0.3 is 15.5 Å². The molecule has 0 bridgehead atoms. The van der Waals surface area contributed by atoms with Crippen LogP contribution in [0.4, 0.5) is 11.6 Å². The number of pyridine rings is 1. The summed E-state index contributed by atoms with van der Waals surface area (Å²) in [5, 5.41) is 7.80. The quantitative estimate of drug-likeness (QED) is 0.868. The van der Waals surface area contributed by atoms with Crippen LogP contribution in [0.5, 0.6) is 0 Å². The van der Waals surface area contributed by atoms with Crippen LogP contribution in [-0.2, 0) is 0 Å². The first-order valence-electron chi connectivity index (χ1n) is 7.15. The first kappa shape index (κ1) is 15.7. The summed E-state index contributed by atoms with van der Waals surface area (Å²) in [5.74, 6) is 1.42. The lowest BCUT2D eigenvalue weighted by Crippen LogP contribution is -2.40. The maximum atomic E-state index is 6.24. The van der Waals surface area contributed by atoms with Crippen LogP contribution in [0.2, 0.25) is 10.0 Å². The van der Waals surface area contributed by atoms with Crippen molar-refractivity contribution in [3.63, 3.8) is 0 Å². The first-order valence-corrected chi connectivity index (χ1v) is 7.90. The van der Waals surface area contributed by atoms with Gasteiger partial charge >= 0.3 is 0 Å². The normalized spacial score (nSPS) is 19.9. The van der Waals surface area contributed by atoms with Crippen molar-refractivity contribution < 1.29 is 0 Å². The number of nitrogens with one attached hydrogen (secondary N) is 2. The monoisotopic (exact) mass is 316 g/mol. The second kappa shape index (κ2) is 7.34. The summed E-state index contributed by atoms with van der Waals surface area (Å²) in [6, 6.07) is 2.14. The number of rotatable bonds is 5. The third kappa shape index (κ3) is 4.14. The van der Waals surface area contributed by atoms with Gasteiger partial charge in [0, 0.05) is 19.1 Å². The van der Waals surface area contributed by atoms with E-state index in [4.69, 9.17) is 23.2 Å².